The van der Waals surface area contributed by atoms with Crippen molar-refractivity contribution in [2.45, 2.75) is 39.8 Å². The van der Waals surface area contributed by atoms with Gasteiger partial charge in [-0.25, -0.2) is 8.78 Å². The zero-order valence-corrected chi connectivity index (χ0v) is 12.1. The average Bonchev–Trinajstić information content (AvgIpc) is 2.37. The number of carbonyl (C=O) groups excluding carboxylic acids is 1. The Kier molecular flexibility index (Phi) is 3.37. The Morgan fingerprint density at radius 2 is 1.75 bits per heavy atom. The molecule has 1 aliphatic carbocycles. The summed E-state index contributed by atoms with van der Waals surface area (Å²) < 4.78 is 26.7. The van der Waals surface area contributed by atoms with Gasteiger partial charge in [-0.3, -0.25) is 4.79 Å². The fourth-order valence-corrected chi connectivity index (χ4v) is 3.43. The summed E-state index contributed by atoms with van der Waals surface area (Å²) in [5.74, 6) is -1.98. The van der Waals surface area contributed by atoms with Crippen LogP contribution in [0.5, 0.6) is 0 Å². The number of carbonyl (C=O) groups is 1. The van der Waals surface area contributed by atoms with E-state index in [1.54, 1.807) is 0 Å². The first-order valence-electron chi connectivity index (χ1n) is 6.60. The van der Waals surface area contributed by atoms with Crippen molar-refractivity contribution in [3.63, 3.8) is 0 Å². The summed E-state index contributed by atoms with van der Waals surface area (Å²) in [5.41, 5.74) is 5.25. The Bertz CT molecular complexity index is 539. The molecule has 1 aromatic rings. The minimum absolute atomic E-state index is 0.0716. The molecule has 5 heteroatoms. The predicted octanol–water partition coefficient (Wildman–Crippen LogP) is 2.46. The quantitative estimate of drug-likeness (QED) is 0.875. The maximum Gasteiger partial charge on any atom is 0.254 e. The second-order valence-corrected chi connectivity index (χ2v) is 6.65. The van der Waals surface area contributed by atoms with Gasteiger partial charge < -0.3 is 11.1 Å². The van der Waals surface area contributed by atoms with Crippen molar-refractivity contribution in [2.24, 2.45) is 16.6 Å². The molecule has 1 fully saturated rings. The Balaban J connectivity index is 2.22. The van der Waals surface area contributed by atoms with Gasteiger partial charge >= 0.3 is 0 Å². The fraction of sp³-hybridized carbons (Fsp3) is 0.533. The monoisotopic (exact) mass is 282 g/mol. The minimum Gasteiger partial charge on any atom is -0.348 e. The van der Waals surface area contributed by atoms with Gasteiger partial charge in [-0.05, 0) is 18.2 Å². The maximum absolute atomic E-state index is 13.6. The van der Waals surface area contributed by atoms with Crippen LogP contribution in [0, 0.1) is 22.5 Å². The van der Waals surface area contributed by atoms with Gasteiger partial charge in [-0.15, -0.1) is 0 Å². The summed E-state index contributed by atoms with van der Waals surface area (Å²) >= 11 is 0. The van der Waals surface area contributed by atoms with Crippen molar-refractivity contribution in [2.75, 3.05) is 0 Å². The molecule has 1 aliphatic rings. The van der Waals surface area contributed by atoms with Gasteiger partial charge in [0.25, 0.3) is 5.91 Å². The molecule has 3 nitrogen and oxygen atoms in total. The largest absolute Gasteiger partial charge is 0.348 e. The van der Waals surface area contributed by atoms with Crippen LogP contribution in [0.4, 0.5) is 8.78 Å². The molecule has 0 radical (unpaired) electrons. The molecular formula is C15H20F2N2O. The molecule has 3 N–H and O–H groups in total. The first-order valence-corrected chi connectivity index (χ1v) is 6.60. The molecule has 0 aliphatic heterocycles. The van der Waals surface area contributed by atoms with Crippen molar-refractivity contribution in [3.8, 4) is 0 Å². The number of nitrogens with two attached hydrogens (primary N) is 1. The van der Waals surface area contributed by atoms with Crippen LogP contribution < -0.4 is 11.1 Å². The second kappa shape index (κ2) is 4.52. The third-order valence-electron chi connectivity index (χ3n) is 4.54. The third-order valence-corrected chi connectivity index (χ3v) is 4.54. The molecular weight excluding hydrogens is 262 g/mol. The van der Waals surface area contributed by atoms with Gasteiger partial charge in [0.05, 0.1) is 5.56 Å². The lowest BCUT2D eigenvalue weighted by Crippen LogP contribution is -2.76. The van der Waals surface area contributed by atoms with E-state index in [0.29, 0.717) is 0 Å². The number of nitrogens with one attached hydrogen (secondary N) is 1. The van der Waals surface area contributed by atoms with Crippen LogP contribution in [0.15, 0.2) is 18.2 Å². The smallest absolute Gasteiger partial charge is 0.254 e. The van der Waals surface area contributed by atoms with E-state index in [4.69, 9.17) is 5.73 Å². The van der Waals surface area contributed by atoms with Crippen molar-refractivity contribution < 1.29 is 13.6 Å². The van der Waals surface area contributed by atoms with Crippen molar-refractivity contribution in [1.29, 1.82) is 0 Å². The van der Waals surface area contributed by atoms with E-state index in [2.05, 4.69) is 5.32 Å². The van der Waals surface area contributed by atoms with Crippen LogP contribution >= 0.6 is 0 Å². The molecule has 1 amide bonds. The van der Waals surface area contributed by atoms with E-state index in [-0.39, 0.29) is 28.5 Å². The van der Waals surface area contributed by atoms with E-state index in [0.717, 1.165) is 18.2 Å². The van der Waals surface area contributed by atoms with E-state index in [1.165, 1.54) is 0 Å². The Morgan fingerprint density at radius 1 is 1.20 bits per heavy atom. The summed E-state index contributed by atoms with van der Waals surface area (Å²) in [6, 6.07) is 2.58. The highest BCUT2D eigenvalue weighted by atomic mass is 19.1. The summed E-state index contributed by atoms with van der Waals surface area (Å²) in [4.78, 5) is 12.1. The lowest BCUT2D eigenvalue weighted by atomic mass is 9.48. The topological polar surface area (TPSA) is 55.1 Å². The lowest BCUT2D eigenvalue weighted by Gasteiger charge is -2.62. The summed E-state index contributed by atoms with van der Waals surface area (Å²) in [6.07, 6.45) is 0. The van der Waals surface area contributed by atoms with Gasteiger partial charge in [0.1, 0.15) is 11.6 Å². The van der Waals surface area contributed by atoms with Gasteiger partial charge in [-0.1, -0.05) is 27.7 Å². The highest BCUT2D eigenvalue weighted by Crippen LogP contribution is 2.52. The zero-order chi connectivity index (χ0) is 15.3. The molecule has 0 saturated heterocycles. The number of rotatable bonds is 2. The van der Waals surface area contributed by atoms with Gasteiger partial charge in [-0.2, -0.15) is 0 Å². The molecule has 1 aromatic carbocycles. The van der Waals surface area contributed by atoms with E-state index in [1.807, 2.05) is 27.7 Å². The van der Waals surface area contributed by atoms with Crippen molar-refractivity contribution in [1.82, 2.24) is 5.32 Å². The minimum atomic E-state index is -0.733. The number of halogens is 2. The van der Waals surface area contributed by atoms with Crippen molar-refractivity contribution in [3.05, 3.63) is 35.4 Å². The zero-order valence-electron chi connectivity index (χ0n) is 12.1. The molecule has 0 heterocycles. The summed E-state index contributed by atoms with van der Waals surface area (Å²) in [6.45, 7) is 7.82. The maximum atomic E-state index is 13.6. The molecule has 0 unspecified atom stereocenters. The van der Waals surface area contributed by atoms with Crippen LogP contribution in [0.1, 0.15) is 38.1 Å². The van der Waals surface area contributed by atoms with Crippen LogP contribution in [0.25, 0.3) is 0 Å². The lowest BCUT2D eigenvalue weighted by molar-refractivity contribution is -0.0664. The Hall–Kier alpha value is -1.49. The SMILES string of the molecule is CC1(C)C(N)C(C)(C)C1NC(=O)c1cc(F)ccc1F. The van der Waals surface area contributed by atoms with E-state index < -0.39 is 17.5 Å². The number of hydrogen-bond acceptors (Lipinski definition) is 2. The van der Waals surface area contributed by atoms with Gasteiger partial charge in [0, 0.05) is 22.9 Å². The average molecular weight is 282 g/mol. The Morgan fingerprint density at radius 3 is 2.30 bits per heavy atom. The molecule has 0 bridgehead atoms. The van der Waals surface area contributed by atoms with E-state index in [9.17, 15) is 13.6 Å². The molecule has 0 aromatic heterocycles. The standard InChI is InChI=1S/C15H20F2N2O/c1-14(2)12(18)15(3,4)13(14)19-11(20)9-7-8(16)5-6-10(9)17/h5-7,12-13H,18H2,1-4H3,(H,19,20). The first kappa shape index (κ1) is 14.9. The van der Waals surface area contributed by atoms with Crippen LogP contribution in [0.3, 0.4) is 0 Å². The van der Waals surface area contributed by atoms with Gasteiger partial charge in [0.15, 0.2) is 0 Å². The molecule has 0 spiro atoms. The molecule has 0 atom stereocenters. The summed E-state index contributed by atoms with van der Waals surface area (Å²) in [5, 5.41) is 2.79. The molecule has 20 heavy (non-hydrogen) atoms. The second-order valence-electron chi connectivity index (χ2n) is 6.65. The molecule has 1 saturated carbocycles. The molecule has 2 rings (SSSR count). The van der Waals surface area contributed by atoms with Crippen LogP contribution in [0.2, 0.25) is 0 Å². The highest BCUT2D eigenvalue weighted by Gasteiger charge is 2.60. The first-order chi connectivity index (χ1) is 9.08. The Labute approximate surface area is 117 Å². The third kappa shape index (κ3) is 2.10. The molecule has 110 valence electrons. The van der Waals surface area contributed by atoms with Crippen LogP contribution in [-0.4, -0.2) is 18.0 Å². The van der Waals surface area contributed by atoms with Gasteiger partial charge in [0.2, 0.25) is 0 Å². The number of benzene rings is 1. The normalized spacial score (nSPS) is 26.8. The fourth-order valence-electron chi connectivity index (χ4n) is 3.43. The highest BCUT2D eigenvalue weighted by molar-refractivity contribution is 5.94. The van der Waals surface area contributed by atoms with Crippen LogP contribution in [-0.2, 0) is 0 Å². The summed E-state index contributed by atoms with van der Waals surface area (Å²) in [7, 11) is 0. The van der Waals surface area contributed by atoms with Crippen molar-refractivity contribution >= 4 is 5.91 Å². The predicted molar refractivity (Wildman–Crippen MR) is 73.1 cm³/mol. The number of amides is 1. The van der Waals surface area contributed by atoms with E-state index >= 15 is 0 Å². The number of hydrogen-bond donors (Lipinski definition) is 2.